The molecule has 0 aliphatic heterocycles. The second-order valence-corrected chi connectivity index (χ2v) is 6.76. The molecule has 0 unspecified atom stereocenters. The lowest BCUT2D eigenvalue weighted by molar-refractivity contribution is 0.0949. The molecule has 4 heteroatoms. The highest BCUT2D eigenvalue weighted by Gasteiger charge is 2.07. The summed E-state index contributed by atoms with van der Waals surface area (Å²) >= 11 is 0. The zero-order valence-corrected chi connectivity index (χ0v) is 16.2. The Labute approximate surface area is 162 Å². The Morgan fingerprint density at radius 3 is 2.22 bits per heavy atom. The van der Waals surface area contributed by atoms with E-state index in [-0.39, 0.29) is 11.7 Å². The molecule has 4 nitrogen and oxygen atoms in total. The molecule has 0 aliphatic carbocycles. The van der Waals surface area contributed by atoms with Crippen molar-refractivity contribution in [2.75, 3.05) is 13.1 Å². The standard InChI is InChI=1S/C23H30N2O2/c1-2-3-4-5-9-16-24-18-22(26)20-14-12-19(13-15-20)17-25-23(27)21-10-7-6-8-11-21/h6-8,10-15,24H,2-5,9,16-18H2,1H3,(H,25,27). The third-order valence-electron chi connectivity index (χ3n) is 4.51. The van der Waals surface area contributed by atoms with Crippen molar-refractivity contribution in [3.8, 4) is 0 Å². The van der Waals surface area contributed by atoms with E-state index in [2.05, 4.69) is 17.6 Å². The van der Waals surface area contributed by atoms with Crippen LogP contribution in [0.15, 0.2) is 54.6 Å². The number of carbonyl (C=O) groups excluding carboxylic acids is 2. The second-order valence-electron chi connectivity index (χ2n) is 6.76. The molecule has 2 aromatic carbocycles. The molecule has 0 saturated carbocycles. The van der Waals surface area contributed by atoms with Crippen LogP contribution in [0.25, 0.3) is 0 Å². The highest BCUT2D eigenvalue weighted by molar-refractivity contribution is 5.97. The van der Waals surface area contributed by atoms with E-state index in [9.17, 15) is 9.59 Å². The Kier molecular flexibility index (Phi) is 9.28. The van der Waals surface area contributed by atoms with Gasteiger partial charge in [-0.3, -0.25) is 9.59 Å². The van der Waals surface area contributed by atoms with Gasteiger partial charge in [-0.15, -0.1) is 0 Å². The van der Waals surface area contributed by atoms with E-state index in [4.69, 9.17) is 0 Å². The number of hydrogen-bond acceptors (Lipinski definition) is 3. The summed E-state index contributed by atoms with van der Waals surface area (Å²) in [5, 5.41) is 6.12. The number of nitrogens with one attached hydrogen (secondary N) is 2. The topological polar surface area (TPSA) is 58.2 Å². The van der Waals surface area contributed by atoms with Gasteiger partial charge in [0.2, 0.25) is 0 Å². The van der Waals surface area contributed by atoms with Crippen molar-refractivity contribution >= 4 is 11.7 Å². The van der Waals surface area contributed by atoms with E-state index in [0.717, 1.165) is 18.5 Å². The molecule has 0 aliphatic rings. The fourth-order valence-electron chi connectivity index (χ4n) is 2.84. The van der Waals surface area contributed by atoms with Crippen molar-refractivity contribution < 1.29 is 9.59 Å². The van der Waals surface area contributed by atoms with E-state index < -0.39 is 0 Å². The van der Waals surface area contributed by atoms with Gasteiger partial charge in [0.05, 0.1) is 6.54 Å². The smallest absolute Gasteiger partial charge is 0.251 e. The first-order valence-corrected chi connectivity index (χ1v) is 9.87. The summed E-state index contributed by atoms with van der Waals surface area (Å²) in [6.07, 6.45) is 6.15. The van der Waals surface area contributed by atoms with Gasteiger partial charge in [-0.25, -0.2) is 0 Å². The predicted octanol–water partition coefficient (Wildman–Crippen LogP) is 4.36. The van der Waals surface area contributed by atoms with Gasteiger partial charge in [0.1, 0.15) is 0 Å². The zero-order valence-electron chi connectivity index (χ0n) is 16.2. The molecule has 0 fully saturated rings. The molecule has 0 atom stereocenters. The van der Waals surface area contributed by atoms with Crippen LogP contribution in [-0.2, 0) is 6.54 Å². The predicted molar refractivity (Wildman–Crippen MR) is 110 cm³/mol. The van der Waals surface area contributed by atoms with Gasteiger partial charge in [-0.2, -0.15) is 0 Å². The van der Waals surface area contributed by atoms with Crippen molar-refractivity contribution in [1.29, 1.82) is 0 Å². The zero-order chi connectivity index (χ0) is 19.3. The molecule has 27 heavy (non-hydrogen) atoms. The molecule has 1 amide bonds. The minimum Gasteiger partial charge on any atom is -0.348 e. The lowest BCUT2D eigenvalue weighted by atomic mass is 10.1. The lowest BCUT2D eigenvalue weighted by Gasteiger charge is -2.07. The normalized spacial score (nSPS) is 10.6. The average molecular weight is 367 g/mol. The summed E-state index contributed by atoms with van der Waals surface area (Å²) in [7, 11) is 0. The number of ketones is 1. The summed E-state index contributed by atoms with van der Waals surface area (Å²) in [6, 6.07) is 16.6. The summed E-state index contributed by atoms with van der Waals surface area (Å²) in [5.41, 5.74) is 2.32. The molecule has 0 aromatic heterocycles. The van der Waals surface area contributed by atoms with Gasteiger partial charge in [-0.1, -0.05) is 75.1 Å². The monoisotopic (exact) mass is 366 g/mol. The lowest BCUT2D eigenvalue weighted by Crippen LogP contribution is -2.24. The highest BCUT2D eigenvalue weighted by atomic mass is 16.1. The van der Waals surface area contributed by atoms with Crippen LogP contribution in [0.2, 0.25) is 0 Å². The van der Waals surface area contributed by atoms with Gasteiger partial charge in [0.15, 0.2) is 5.78 Å². The van der Waals surface area contributed by atoms with Crippen LogP contribution in [0.1, 0.15) is 65.3 Å². The number of amides is 1. The third kappa shape index (κ3) is 7.75. The SMILES string of the molecule is CCCCCCCNCC(=O)c1ccc(CNC(=O)c2ccccc2)cc1. The van der Waals surface area contributed by atoms with Crippen LogP contribution in [0.3, 0.4) is 0 Å². The van der Waals surface area contributed by atoms with Gasteiger partial charge in [0, 0.05) is 17.7 Å². The van der Waals surface area contributed by atoms with Crippen molar-refractivity contribution in [3.05, 3.63) is 71.3 Å². The third-order valence-corrected chi connectivity index (χ3v) is 4.51. The summed E-state index contributed by atoms with van der Waals surface area (Å²) in [5.74, 6) is 0.00215. The molecule has 2 aromatic rings. The molecular formula is C23H30N2O2. The maximum absolute atomic E-state index is 12.2. The van der Waals surface area contributed by atoms with Gasteiger partial charge in [-0.05, 0) is 30.7 Å². The van der Waals surface area contributed by atoms with Crippen molar-refractivity contribution in [1.82, 2.24) is 10.6 Å². The van der Waals surface area contributed by atoms with E-state index in [0.29, 0.717) is 24.2 Å². The van der Waals surface area contributed by atoms with Crippen molar-refractivity contribution in [2.45, 2.75) is 45.6 Å². The van der Waals surface area contributed by atoms with Crippen molar-refractivity contribution in [3.63, 3.8) is 0 Å². The van der Waals surface area contributed by atoms with Crippen molar-refractivity contribution in [2.24, 2.45) is 0 Å². The highest BCUT2D eigenvalue weighted by Crippen LogP contribution is 2.06. The number of carbonyl (C=O) groups is 2. The van der Waals surface area contributed by atoms with Crippen LogP contribution in [0.4, 0.5) is 0 Å². The Bertz CT molecular complexity index is 696. The van der Waals surface area contributed by atoms with Gasteiger partial charge < -0.3 is 10.6 Å². The maximum Gasteiger partial charge on any atom is 0.251 e. The number of unbranched alkanes of at least 4 members (excludes halogenated alkanes) is 4. The molecule has 0 heterocycles. The summed E-state index contributed by atoms with van der Waals surface area (Å²) < 4.78 is 0. The first kappa shape index (κ1) is 20.8. The summed E-state index contributed by atoms with van der Waals surface area (Å²) in [6.45, 7) is 3.91. The molecule has 144 valence electrons. The minimum absolute atomic E-state index is 0.0983. The molecule has 0 saturated heterocycles. The van der Waals surface area contributed by atoms with E-state index in [1.165, 1.54) is 25.7 Å². The Hall–Kier alpha value is -2.46. The van der Waals surface area contributed by atoms with E-state index in [1.54, 1.807) is 12.1 Å². The molecular weight excluding hydrogens is 336 g/mol. The Balaban J connectivity index is 1.69. The fourth-order valence-corrected chi connectivity index (χ4v) is 2.84. The van der Waals surface area contributed by atoms with E-state index >= 15 is 0 Å². The summed E-state index contributed by atoms with van der Waals surface area (Å²) in [4.78, 5) is 24.3. The fraction of sp³-hybridized carbons (Fsp3) is 0.391. The molecule has 2 rings (SSSR count). The van der Waals surface area contributed by atoms with Crippen LogP contribution >= 0.6 is 0 Å². The number of benzene rings is 2. The minimum atomic E-state index is -0.0983. The van der Waals surface area contributed by atoms with Crippen LogP contribution in [0, 0.1) is 0 Å². The number of hydrogen-bond donors (Lipinski definition) is 2. The van der Waals surface area contributed by atoms with Gasteiger partial charge >= 0.3 is 0 Å². The first-order chi connectivity index (χ1) is 13.2. The van der Waals surface area contributed by atoms with Gasteiger partial charge in [0.25, 0.3) is 5.91 Å². The molecule has 2 N–H and O–H groups in total. The second kappa shape index (κ2) is 12.0. The molecule has 0 bridgehead atoms. The Morgan fingerprint density at radius 1 is 0.815 bits per heavy atom. The van der Waals surface area contributed by atoms with Crippen LogP contribution in [0.5, 0.6) is 0 Å². The number of Topliss-reactive ketones (excluding diaryl/α,β-unsaturated/α-hetero) is 1. The van der Waals surface area contributed by atoms with Crippen LogP contribution < -0.4 is 10.6 Å². The average Bonchev–Trinajstić information content (AvgIpc) is 2.72. The largest absolute Gasteiger partial charge is 0.348 e. The van der Waals surface area contributed by atoms with E-state index in [1.807, 2.05) is 42.5 Å². The van der Waals surface area contributed by atoms with Crippen LogP contribution in [-0.4, -0.2) is 24.8 Å². The Morgan fingerprint density at radius 2 is 1.52 bits per heavy atom. The number of rotatable bonds is 12. The molecule has 0 spiro atoms. The first-order valence-electron chi connectivity index (χ1n) is 9.87. The molecule has 0 radical (unpaired) electrons. The maximum atomic E-state index is 12.2. The quantitative estimate of drug-likeness (QED) is 0.433.